The first-order chi connectivity index (χ1) is 19.6. The van der Waals surface area contributed by atoms with E-state index in [1.165, 1.54) is 35.2 Å². The van der Waals surface area contributed by atoms with E-state index >= 15 is 0 Å². The number of nitrogens with zero attached hydrogens (tertiary/aromatic N) is 1. The van der Waals surface area contributed by atoms with Crippen LogP contribution < -0.4 is 10.1 Å². The van der Waals surface area contributed by atoms with Gasteiger partial charge < -0.3 is 25.2 Å². The number of nitrogens with one attached hydrogen (secondary N) is 1. The lowest BCUT2D eigenvalue weighted by molar-refractivity contribution is -0.137. The number of rotatable bonds is 7. The third-order valence-corrected chi connectivity index (χ3v) is 7.22. The molecular weight excluding hydrogens is 544 g/mol. The third-order valence-electron chi connectivity index (χ3n) is 7.22. The Morgan fingerprint density at radius 1 is 0.976 bits per heavy atom. The molecule has 214 valence electrons. The number of hydrogen-bond donors (Lipinski definition) is 3. The Morgan fingerprint density at radius 3 is 2.32 bits per heavy atom. The number of hydrogen-bond acceptors (Lipinski definition) is 5. The summed E-state index contributed by atoms with van der Waals surface area (Å²) in [4.78, 5) is 28.3. The van der Waals surface area contributed by atoms with Gasteiger partial charge in [-0.2, -0.15) is 13.2 Å². The lowest BCUT2D eigenvalue weighted by atomic mass is 9.77. The van der Waals surface area contributed by atoms with Crippen molar-refractivity contribution in [3.05, 3.63) is 113 Å². The van der Waals surface area contributed by atoms with Gasteiger partial charge in [0.2, 0.25) is 5.91 Å². The normalized spacial score (nSPS) is 21.3. The number of aliphatic hydroxyl groups is 2. The molecule has 5 rings (SSSR count). The molecule has 0 fully saturated rings. The lowest BCUT2D eigenvalue weighted by Crippen LogP contribution is -2.55. The van der Waals surface area contributed by atoms with Crippen LogP contribution in [0, 0.1) is 5.82 Å². The summed E-state index contributed by atoms with van der Waals surface area (Å²) in [5.41, 5.74) is 0.341. The molecule has 0 spiro atoms. The maximum absolute atomic E-state index is 13.8. The number of carbonyl (C=O) groups is 2. The molecule has 2 aliphatic rings. The molecule has 0 saturated heterocycles. The van der Waals surface area contributed by atoms with Crippen LogP contribution in [0.4, 0.5) is 17.6 Å². The van der Waals surface area contributed by atoms with Crippen molar-refractivity contribution >= 4 is 11.8 Å². The van der Waals surface area contributed by atoms with Gasteiger partial charge in [-0.1, -0.05) is 30.3 Å². The molecule has 3 aromatic carbocycles. The summed E-state index contributed by atoms with van der Waals surface area (Å²) in [5, 5.41) is 23.4. The highest BCUT2D eigenvalue weighted by molar-refractivity contribution is 5.97. The van der Waals surface area contributed by atoms with Crippen LogP contribution in [0.5, 0.6) is 5.75 Å². The highest BCUT2D eigenvalue weighted by atomic mass is 19.4. The van der Waals surface area contributed by atoms with E-state index in [4.69, 9.17) is 4.74 Å². The summed E-state index contributed by atoms with van der Waals surface area (Å²) in [7, 11) is 0. The van der Waals surface area contributed by atoms with Crippen molar-refractivity contribution < 1.29 is 42.1 Å². The molecule has 0 unspecified atom stereocenters. The zero-order valence-electron chi connectivity index (χ0n) is 21.5. The lowest BCUT2D eigenvalue weighted by Gasteiger charge is -2.40. The van der Waals surface area contributed by atoms with Gasteiger partial charge in [0.1, 0.15) is 23.8 Å². The summed E-state index contributed by atoms with van der Waals surface area (Å²) >= 11 is 0. The van der Waals surface area contributed by atoms with E-state index in [1.807, 2.05) is 0 Å². The van der Waals surface area contributed by atoms with Crippen LogP contribution >= 0.6 is 0 Å². The molecule has 0 aromatic heterocycles. The number of aliphatic hydroxyl groups excluding tert-OH is 2. The molecule has 1 aliphatic heterocycles. The number of benzene rings is 3. The van der Waals surface area contributed by atoms with Crippen molar-refractivity contribution in [2.24, 2.45) is 0 Å². The molecule has 3 N–H and O–H groups in total. The molecule has 0 bridgehead atoms. The minimum atomic E-state index is -4.60. The van der Waals surface area contributed by atoms with Gasteiger partial charge in [0, 0.05) is 29.8 Å². The van der Waals surface area contributed by atoms with E-state index in [0.717, 1.165) is 24.3 Å². The first-order valence-electron chi connectivity index (χ1n) is 12.9. The standard InChI is InChI=1S/C30H26F4N2O5/c31-20-11-5-17(6-12-20)16-36(29(40)18-7-9-19(10-8-18)30(32,33)34)23-15-22(28(39)35-13-14-37)25-21-3-1-2-4-24(21)41-27(25)26(23)38/h1-12,15,23,25-27,37-38H,13-14,16H2,(H,35,39)/t23-,25+,26+,27+/m1/s1. The summed E-state index contributed by atoms with van der Waals surface area (Å²) in [6, 6.07) is 14.8. The average Bonchev–Trinajstić information content (AvgIpc) is 3.36. The smallest absolute Gasteiger partial charge is 0.416 e. The molecule has 7 nitrogen and oxygen atoms in total. The van der Waals surface area contributed by atoms with E-state index in [1.54, 1.807) is 24.3 Å². The van der Waals surface area contributed by atoms with Gasteiger partial charge in [0.25, 0.3) is 5.91 Å². The van der Waals surface area contributed by atoms with Gasteiger partial charge in [0.05, 0.1) is 24.1 Å². The fraction of sp³-hybridized carbons (Fsp3) is 0.267. The van der Waals surface area contributed by atoms with Crippen molar-refractivity contribution in [3.63, 3.8) is 0 Å². The second kappa shape index (κ2) is 11.3. The molecule has 0 radical (unpaired) electrons. The van der Waals surface area contributed by atoms with E-state index in [0.29, 0.717) is 16.9 Å². The molecule has 41 heavy (non-hydrogen) atoms. The van der Waals surface area contributed by atoms with Crippen LogP contribution in [0.1, 0.15) is 33.0 Å². The maximum Gasteiger partial charge on any atom is 0.416 e. The van der Waals surface area contributed by atoms with Gasteiger partial charge >= 0.3 is 6.18 Å². The van der Waals surface area contributed by atoms with E-state index < -0.39 is 53.5 Å². The van der Waals surface area contributed by atoms with E-state index in [9.17, 15) is 37.4 Å². The van der Waals surface area contributed by atoms with Crippen LogP contribution in [-0.2, 0) is 17.5 Å². The zero-order chi connectivity index (χ0) is 29.3. The fourth-order valence-electron chi connectivity index (χ4n) is 5.26. The molecule has 4 atom stereocenters. The topological polar surface area (TPSA) is 99.1 Å². The van der Waals surface area contributed by atoms with Crippen molar-refractivity contribution in [1.29, 1.82) is 0 Å². The molecular formula is C30H26F4N2O5. The molecule has 2 amide bonds. The second-order valence-electron chi connectivity index (χ2n) is 9.82. The van der Waals surface area contributed by atoms with E-state index in [-0.39, 0.29) is 30.8 Å². The Bertz CT molecular complexity index is 1460. The van der Waals surface area contributed by atoms with Crippen LogP contribution in [-0.4, -0.2) is 58.3 Å². The van der Waals surface area contributed by atoms with Gasteiger partial charge in [-0.3, -0.25) is 9.59 Å². The first kappa shape index (κ1) is 28.3. The number of fused-ring (bicyclic) bond motifs is 3. The van der Waals surface area contributed by atoms with Crippen molar-refractivity contribution in [3.8, 4) is 5.75 Å². The third kappa shape index (κ3) is 5.68. The number of halogens is 4. The quantitative estimate of drug-likeness (QED) is 0.376. The van der Waals surface area contributed by atoms with Crippen LogP contribution in [0.25, 0.3) is 0 Å². The largest absolute Gasteiger partial charge is 0.486 e. The van der Waals surface area contributed by atoms with Crippen molar-refractivity contribution in [2.75, 3.05) is 13.2 Å². The minimum absolute atomic E-state index is 0.0347. The molecule has 1 aliphatic carbocycles. The number of para-hydroxylation sites is 1. The molecule has 11 heteroatoms. The monoisotopic (exact) mass is 570 g/mol. The summed E-state index contributed by atoms with van der Waals surface area (Å²) in [6.45, 7) is -0.503. The summed E-state index contributed by atoms with van der Waals surface area (Å²) in [5.74, 6) is -1.97. The Balaban J connectivity index is 1.58. The van der Waals surface area contributed by atoms with Gasteiger partial charge in [-0.15, -0.1) is 0 Å². The average molecular weight is 571 g/mol. The number of amides is 2. The summed E-state index contributed by atoms with van der Waals surface area (Å²) < 4.78 is 59.1. The Kier molecular flexibility index (Phi) is 7.83. The predicted molar refractivity (Wildman–Crippen MR) is 139 cm³/mol. The second-order valence-corrected chi connectivity index (χ2v) is 9.82. The van der Waals surface area contributed by atoms with Crippen molar-refractivity contribution in [1.82, 2.24) is 10.2 Å². The Hall–Kier alpha value is -4.22. The Labute approximate surface area is 232 Å². The van der Waals surface area contributed by atoms with Crippen LogP contribution in [0.2, 0.25) is 0 Å². The van der Waals surface area contributed by atoms with Gasteiger partial charge in [-0.25, -0.2) is 4.39 Å². The van der Waals surface area contributed by atoms with Crippen LogP contribution in [0.15, 0.2) is 84.4 Å². The highest BCUT2D eigenvalue weighted by Crippen LogP contribution is 2.47. The first-order valence-corrected chi connectivity index (χ1v) is 12.9. The van der Waals surface area contributed by atoms with Gasteiger partial charge in [-0.05, 0) is 54.1 Å². The molecule has 3 aromatic rings. The zero-order valence-corrected chi connectivity index (χ0v) is 21.5. The molecule has 1 heterocycles. The minimum Gasteiger partial charge on any atom is -0.486 e. The maximum atomic E-state index is 13.8. The van der Waals surface area contributed by atoms with Gasteiger partial charge in [0.15, 0.2) is 0 Å². The predicted octanol–water partition coefficient (Wildman–Crippen LogP) is 3.81. The fourth-order valence-corrected chi connectivity index (χ4v) is 5.26. The number of alkyl halides is 3. The van der Waals surface area contributed by atoms with Crippen LogP contribution in [0.3, 0.4) is 0 Å². The van der Waals surface area contributed by atoms with E-state index in [2.05, 4.69) is 5.32 Å². The number of carbonyl (C=O) groups excluding carboxylic acids is 2. The highest BCUT2D eigenvalue weighted by Gasteiger charge is 2.50. The molecule has 0 saturated carbocycles. The summed E-state index contributed by atoms with van der Waals surface area (Å²) in [6.07, 6.45) is -5.46. The van der Waals surface area contributed by atoms with Crippen molar-refractivity contribution in [2.45, 2.75) is 36.9 Å². The SMILES string of the molecule is O=C(NCCO)C1=C[C@@H](N(Cc2ccc(F)cc2)C(=O)c2ccc(C(F)(F)F)cc2)[C@H](O)[C@H]2Oc3ccccc3[C@@H]12. The Morgan fingerprint density at radius 2 is 1.66 bits per heavy atom. The number of ether oxygens (including phenoxy) is 1.